The van der Waals surface area contributed by atoms with E-state index >= 15 is 0 Å². The number of carbonyl (C=O) groups excluding carboxylic acids is 2. The number of likely N-dealkylation sites (tertiary alicyclic amines) is 1. The summed E-state index contributed by atoms with van der Waals surface area (Å²) in [6.07, 6.45) is 3.52. The summed E-state index contributed by atoms with van der Waals surface area (Å²) in [5, 5.41) is 7.25. The Labute approximate surface area is 170 Å². The van der Waals surface area contributed by atoms with Crippen molar-refractivity contribution in [1.82, 2.24) is 15.5 Å². The standard InChI is InChI=1S/C18H23Cl2N3O2.ClH/c1-11-15(4-2-8-21-11)22-17(24)16-5-3-9-23(16)18(25)12-6-7-13(19)14(20)10-12;/h6-7,10-11,15-16,21H,2-5,8-9H2,1H3,(H,22,24);1H. The van der Waals surface area contributed by atoms with Crippen LogP contribution in [0.4, 0.5) is 0 Å². The average molecular weight is 421 g/mol. The van der Waals surface area contributed by atoms with Crippen molar-refractivity contribution in [2.45, 2.75) is 50.7 Å². The van der Waals surface area contributed by atoms with Crippen molar-refractivity contribution in [2.75, 3.05) is 13.1 Å². The Morgan fingerprint density at radius 2 is 1.96 bits per heavy atom. The van der Waals surface area contributed by atoms with Gasteiger partial charge in [-0.1, -0.05) is 23.2 Å². The first-order valence-corrected chi connectivity index (χ1v) is 9.52. The topological polar surface area (TPSA) is 61.4 Å². The van der Waals surface area contributed by atoms with Crippen molar-refractivity contribution in [3.05, 3.63) is 33.8 Å². The number of amides is 2. The molecule has 0 aromatic heterocycles. The second-order valence-electron chi connectivity index (χ2n) is 6.79. The molecular weight excluding hydrogens is 397 g/mol. The first kappa shape index (κ1) is 21.3. The van der Waals surface area contributed by atoms with Crippen LogP contribution in [0.3, 0.4) is 0 Å². The van der Waals surface area contributed by atoms with Gasteiger partial charge >= 0.3 is 0 Å². The number of halogens is 3. The van der Waals surface area contributed by atoms with Gasteiger partial charge in [0.1, 0.15) is 6.04 Å². The van der Waals surface area contributed by atoms with Gasteiger partial charge in [-0.05, 0) is 57.4 Å². The van der Waals surface area contributed by atoms with E-state index in [4.69, 9.17) is 23.2 Å². The molecule has 0 saturated carbocycles. The predicted octanol–water partition coefficient (Wildman–Crippen LogP) is 3.28. The summed E-state index contributed by atoms with van der Waals surface area (Å²) in [5.74, 6) is -0.238. The lowest BCUT2D eigenvalue weighted by Gasteiger charge is -2.33. The molecule has 3 unspecified atom stereocenters. The number of nitrogens with one attached hydrogen (secondary N) is 2. The first-order chi connectivity index (χ1) is 12.0. The molecule has 1 aromatic carbocycles. The summed E-state index contributed by atoms with van der Waals surface area (Å²) in [6, 6.07) is 4.76. The van der Waals surface area contributed by atoms with Gasteiger partial charge in [-0.3, -0.25) is 9.59 Å². The molecule has 2 saturated heterocycles. The molecular formula is C18H24Cl3N3O2. The summed E-state index contributed by atoms with van der Waals surface area (Å²) in [6.45, 7) is 3.64. The second kappa shape index (κ2) is 9.27. The van der Waals surface area contributed by atoms with Gasteiger partial charge in [0.2, 0.25) is 5.91 Å². The lowest BCUT2D eigenvalue weighted by Crippen LogP contribution is -2.56. The molecule has 2 aliphatic heterocycles. The van der Waals surface area contributed by atoms with Crippen molar-refractivity contribution < 1.29 is 9.59 Å². The Morgan fingerprint density at radius 3 is 2.65 bits per heavy atom. The zero-order valence-corrected chi connectivity index (χ0v) is 17.0. The molecule has 5 nitrogen and oxygen atoms in total. The van der Waals surface area contributed by atoms with Crippen molar-refractivity contribution >= 4 is 47.4 Å². The number of benzene rings is 1. The zero-order valence-electron chi connectivity index (χ0n) is 14.6. The smallest absolute Gasteiger partial charge is 0.254 e. The van der Waals surface area contributed by atoms with Crippen LogP contribution in [0.5, 0.6) is 0 Å². The van der Waals surface area contributed by atoms with Gasteiger partial charge < -0.3 is 15.5 Å². The summed E-state index contributed by atoms with van der Waals surface area (Å²) >= 11 is 11.9. The zero-order chi connectivity index (χ0) is 18.0. The molecule has 144 valence electrons. The van der Waals surface area contributed by atoms with E-state index in [1.807, 2.05) is 0 Å². The van der Waals surface area contributed by atoms with Crippen LogP contribution >= 0.6 is 35.6 Å². The molecule has 8 heteroatoms. The van der Waals surface area contributed by atoms with E-state index in [0.717, 1.165) is 25.8 Å². The van der Waals surface area contributed by atoms with Gasteiger partial charge in [0, 0.05) is 24.2 Å². The maximum Gasteiger partial charge on any atom is 0.254 e. The number of carbonyl (C=O) groups is 2. The molecule has 2 amide bonds. The van der Waals surface area contributed by atoms with Gasteiger partial charge in [0.05, 0.1) is 10.0 Å². The molecule has 2 fully saturated rings. The number of hydrogen-bond acceptors (Lipinski definition) is 3. The van der Waals surface area contributed by atoms with Gasteiger partial charge in [-0.15, -0.1) is 12.4 Å². The lowest BCUT2D eigenvalue weighted by atomic mass is 9.99. The minimum Gasteiger partial charge on any atom is -0.350 e. The molecule has 2 N–H and O–H groups in total. The molecule has 2 aliphatic rings. The van der Waals surface area contributed by atoms with Gasteiger partial charge in [0.25, 0.3) is 5.91 Å². The van der Waals surface area contributed by atoms with Crippen LogP contribution in [-0.2, 0) is 4.79 Å². The van der Waals surface area contributed by atoms with Crippen LogP contribution in [0.1, 0.15) is 43.0 Å². The largest absolute Gasteiger partial charge is 0.350 e. The van der Waals surface area contributed by atoms with E-state index in [2.05, 4.69) is 17.6 Å². The molecule has 3 atom stereocenters. The third-order valence-electron chi connectivity index (χ3n) is 5.07. The Hall–Kier alpha value is -1.01. The Kier molecular flexibility index (Phi) is 7.59. The summed E-state index contributed by atoms with van der Waals surface area (Å²) in [4.78, 5) is 27.2. The summed E-state index contributed by atoms with van der Waals surface area (Å²) in [7, 11) is 0. The Bertz CT molecular complexity index is 671. The highest BCUT2D eigenvalue weighted by atomic mass is 35.5. The van der Waals surface area contributed by atoms with Crippen molar-refractivity contribution in [3.63, 3.8) is 0 Å². The normalized spacial score (nSPS) is 25.5. The molecule has 0 bridgehead atoms. The van der Waals surface area contributed by atoms with Crippen LogP contribution in [0.15, 0.2) is 18.2 Å². The fourth-order valence-electron chi connectivity index (χ4n) is 3.60. The quantitative estimate of drug-likeness (QED) is 0.789. The number of piperidine rings is 1. The number of rotatable bonds is 3. The van der Waals surface area contributed by atoms with E-state index < -0.39 is 6.04 Å². The monoisotopic (exact) mass is 419 g/mol. The lowest BCUT2D eigenvalue weighted by molar-refractivity contribution is -0.125. The van der Waals surface area contributed by atoms with Gasteiger partial charge in [-0.2, -0.15) is 0 Å². The van der Waals surface area contributed by atoms with E-state index in [1.165, 1.54) is 0 Å². The highest BCUT2D eigenvalue weighted by Crippen LogP contribution is 2.26. The minimum absolute atomic E-state index is 0. The third kappa shape index (κ3) is 4.63. The van der Waals surface area contributed by atoms with E-state index in [9.17, 15) is 9.59 Å². The van der Waals surface area contributed by atoms with Crippen molar-refractivity contribution in [1.29, 1.82) is 0 Å². The molecule has 2 heterocycles. The van der Waals surface area contributed by atoms with E-state index in [0.29, 0.717) is 28.6 Å². The number of hydrogen-bond donors (Lipinski definition) is 2. The SMILES string of the molecule is CC1NCCCC1NC(=O)C1CCCN1C(=O)c1ccc(Cl)c(Cl)c1.Cl. The van der Waals surface area contributed by atoms with Crippen LogP contribution in [-0.4, -0.2) is 47.9 Å². The average Bonchev–Trinajstić information content (AvgIpc) is 3.08. The molecule has 0 spiro atoms. The van der Waals surface area contributed by atoms with Crippen LogP contribution < -0.4 is 10.6 Å². The van der Waals surface area contributed by atoms with Gasteiger partial charge in [-0.25, -0.2) is 0 Å². The highest BCUT2D eigenvalue weighted by molar-refractivity contribution is 6.42. The second-order valence-corrected chi connectivity index (χ2v) is 7.60. The van der Waals surface area contributed by atoms with Crippen molar-refractivity contribution in [3.8, 4) is 0 Å². The first-order valence-electron chi connectivity index (χ1n) is 8.77. The maximum atomic E-state index is 12.8. The van der Waals surface area contributed by atoms with E-state index in [-0.39, 0.29) is 36.3 Å². The Balaban J connectivity index is 0.00000243. The third-order valence-corrected chi connectivity index (χ3v) is 5.81. The summed E-state index contributed by atoms with van der Waals surface area (Å²) < 4.78 is 0. The predicted molar refractivity (Wildman–Crippen MR) is 106 cm³/mol. The molecule has 0 radical (unpaired) electrons. The fraction of sp³-hybridized carbons (Fsp3) is 0.556. The van der Waals surface area contributed by atoms with Crippen LogP contribution in [0.25, 0.3) is 0 Å². The minimum atomic E-state index is -0.420. The van der Waals surface area contributed by atoms with E-state index in [1.54, 1.807) is 23.1 Å². The fourth-order valence-corrected chi connectivity index (χ4v) is 3.90. The maximum absolute atomic E-state index is 12.8. The van der Waals surface area contributed by atoms with Crippen LogP contribution in [0.2, 0.25) is 10.0 Å². The molecule has 26 heavy (non-hydrogen) atoms. The molecule has 1 aromatic rings. The number of nitrogens with zero attached hydrogens (tertiary/aromatic N) is 1. The molecule has 3 rings (SSSR count). The molecule has 0 aliphatic carbocycles. The van der Waals surface area contributed by atoms with Gasteiger partial charge in [0.15, 0.2) is 0 Å². The van der Waals surface area contributed by atoms with Crippen molar-refractivity contribution in [2.24, 2.45) is 0 Å². The highest BCUT2D eigenvalue weighted by Gasteiger charge is 2.36. The Morgan fingerprint density at radius 1 is 1.19 bits per heavy atom. The van der Waals surface area contributed by atoms with Crippen LogP contribution in [0, 0.1) is 0 Å². The summed E-state index contributed by atoms with van der Waals surface area (Å²) in [5.41, 5.74) is 0.460.